The van der Waals surface area contributed by atoms with Gasteiger partial charge in [-0.3, -0.25) is 4.79 Å². The summed E-state index contributed by atoms with van der Waals surface area (Å²) in [5, 5.41) is 14.0. The molecule has 0 bridgehead atoms. The van der Waals surface area contributed by atoms with Crippen molar-refractivity contribution in [2.75, 3.05) is 6.54 Å². The number of amides is 1. The van der Waals surface area contributed by atoms with Crippen LogP contribution in [0, 0.1) is 5.82 Å². The van der Waals surface area contributed by atoms with Gasteiger partial charge in [-0.25, -0.2) is 4.39 Å². The topological polar surface area (TPSA) is 66.6 Å². The third kappa shape index (κ3) is 3.24. The molecule has 0 saturated carbocycles. The Hall–Kier alpha value is -2.99. The van der Waals surface area contributed by atoms with Crippen LogP contribution in [0.4, 0.5) is 4.39 Å². The van der Waals surface area contributed by atoms with E-state index in [-0.39, 0.29) is 23.0 Å². The third-order valence-electron chi connectivity index (χ3n) is 4.85. The van der Waals surface area contributed by atoms with E-state index in [1.165, 1.54) is 24.6 Å². The van der Waals surface area contributed by atoms with Crippen molar-refractivity contribution in [3.8, 4) is 11.3 Å². The summed E-state index contributed by atoms with van der Waals surface area (Å²) < 4.78 is 18.5. The Morgan fingerprint density at radius 3 is 2.59 bits per heavy atom. The highest BCUT2D eigenvalue weighted by Gasteiger charge is 2.31. The first-order valence-corrected chi connectivity index (χ1v) is 8.84. The Balaban J connectivity index is 1.73. The lowest BCUT2D eigenvalue weighted by atomic mass is 9.98. The van der Waals surface area contributed by atoms with E-state index in [0.29, 0.717) is 24.3 Å². The molecule has 1 N–H and O–H groups in total. The standard InChI is InChI=1S/C21H19FN2O3/c1-13(25)20-18(19(23-27-20)15-6-8-17(22)9-7-15)21(26)24-11-10-14-4-2-3-5-16(14)12-24/h2-9,13,25H,10-12H2,1H3. The van der Waals surface area contributed by atoms with Gasteiger partial charge in [-0.1, -0.05) is 29.4 Å². The van der Waals surface area contributed by atoms with Gasteiger partial charge in [0.15, 0.2) is 5.76 Å². The summed E-state index contributed by atoms with van der Waals surface area (Å²) in [7, 11) is 0. The molecular formula is C21H19FN2O3. The lowest BCUT2D eigenvalue weighted by molar-refractivity contribution is 0.0723. The van der Waals surface area contributed by atoms with Gasteiger partial charge in [0, 0.05) is 18.7 Å². The normalized spacial score (nSPS) is 14.7. The molecule has 6 heteroatoms. The molecule has 5 nitrogen and oxygen atoms in total. The minimum Gasteiger partial charge on any atom is -0.385 e. The van der Waals surface area contributed by atoms with E-state index < -0.39 is 6.10 Å². The number of nitrogens with zero attached hydrogens (tertiary/aromatic N) is 2. The molecular weight excluding hydrogens is 347 g/mol. The first kappa shape index (κ1) is 17.4. The van der Waals surface area contributed by atoms with Gasteiger partial charge in [0.25, 0.3) is 5.91 Å². The fraction of sp³-hybridized carbons (Fsp3) is 0.238. The Morgan fingerprint density at radius 1 is 1.19 bits per heavy atom. The number of rotatable bonds is 3. The molecule has 0 fully saturated rings. The average Bonchev–Trinajstić information content (AvgIpc) is 3.13. The maximum Gasteiger partial charge on any atom is 0.260 e. The van der Waals surface area contributed by atoms with Gasteiger partial charge in [0.1, 0.15) is 23.2 Å². The van der Waals surface area contributed by atoms with Gasteiger partial charge >= 0.3 is 0 Å². The van der Waals surface area contributed by atoms with Gasteiger partial charge < -0.3 is 14.5 Å². The van der Waals surface area contributed by atoms with Crippen molar-refractivity contribution in [1.82, 2.24) is 10.1 Å². The van der Waals surface area contributed by atoms with Gasteiger partial charge in [0.2, 0.25) is 0 Å². The predicted octanol–water partition coefficient (Wildman–Crippen LogP) is 3.73. The molecule has 1 amide bonds. The molecule has 1 unspecified atom stereocenters. The molecule has 1 aromatic heterocycles. The summed E-state index contributed by atoms with van der Waals surface area (Å²) in [5.41, 5.74) is 3.45. The second kappa shape index (κ2) is 6.96. The van der Waals surface area contributed by atoms with E-state index in [2.05, 4.69) is 11.2 Å². The summed E-state index contributed by atoms with van der Waals surface area (Å²) >= 11 is 0. The predicted molar refractivity (Wildman–Crippen MR) is 97.4 cm³/mol. The van der Waals surface area contributed by atoms with Crippen LogP contribution in [0.1, 0.15) is 40.3 Å². The van der Waals surface area contributed by atoms with Crippen LogP contribution in [0.25, 0.3) is 11.3 Å². The first-order valence-electron chi connectivity index (χ1n) is 8.84. The first-order chi connectivity index (χ1) is 13.0. The quantitative estimate of drug-likeness (QED) is 0.767. The van der Waals surface area contributed by atoms with E-state index >= 15 is 0 Å². The summed E-state index contributed by atoms with van der Waals surface area (Å²) in [6.45, 7) is 2.59. The molecule has 0 aliphatic carbocycles. The van der Waals surface area contributed by atoms with Gasteiger partial charge in [-0.2, -0.15) is 0 Å². The molecule has 2 heterocycles. The van der Waals surface area contributed by atoms with Crippen LogP contribution in [0.5, 0.6) is 0 Å². The fourth-order valence-corrected chi connectivity index (χ4v) is 3.43. The number of hydrogen-bond donors (Lipinski definition) is 1. The third-order valence-corrected chi connectivity index (χ3v) is 4.85. The van der Waals surface area contributed by atoms with Crippen LogP contribution in [0.3, 0.4) is 0 Å². The van der Waals surface area contributed by atoms with Crippen molar-refractivity contribution in [3.05, 3.63) is 76.8 Å². The van der Waals surface area contributed by atoms with Crippen molar-refractivity contribution in [2.45, 2.75) is 26.0 Å². The molecule has 3 aromatic rings. The number of fused-ring (bicyclic) bond motifs is 1. The second-order valence-electron chi connectivity index (χ2n) is 6.70. The number of carbonyl (C=O) groups is 1. The fourth-order valence-electron chi connectivity index (χ4n) is 3.43. The van der Waals surface area contributed by atoms with Gasteiger partial charge in [-0.05, 0) is 48.7 Å². The van der Waals surface area contributed by atoms with E-state index in [1.54, 1.807) is 17.0 Å². The van der Waals surface area contributed by atoms with Crippen LogP contribution in [0.15, 0.2) is 53.1 Å². The minimum atomic E-state index is -0.984. The van der Waals surface area contributed by atoms with E-state index in [0.717, 1.165) is 12.0 Å². The summed E-state index contributed by atoms with van der Waals surface area (Å²) in [4.78, 5) is 15.0. The Morgan fingerprint density at radius 2 is 1.89 bits per heavy atom. The second-order valence-corrected chi connectivity index (χ2v) is 6.70. The molecule has 0 saturated heterocycles. The summed E-state index contributed by atoms with van der Waals surface area (Å²) in [5.74, 6) is -0.502. The highest BCUT2D eigenvalue weighted by Crippen LogP contribution is 2.31. The van der Waals surface area contributed by atoms with Crippen molar-refractivity contribution in [3.63, 3.8) is 0 Å². The highest BCUT2D eigenvalue weighted by atomic mass is 19.1. The van der Waals surface area contributed by atoms with Gasteiger partial charge in [0.05, 0.1) is 0 Å². The van der Waals surface area contributed by atoms with E-state index in [9.17, 15) is 14.3 Å². The SMILES string of the molecule is CC(O)c1onc(-c2ccc(F)cc2)c1C(=O)N1CCc2ccccc2C1. The van der Waals surface area contributed by atoms with Crippen molar-refractivity contribution < 1.29 is 18.8 Å². The zero-order valence-electron chi connectivity index (χ0n) is 14.9. The van der Waals surface area contributed by atoms with Crippen LogP contribution in [-0.2, 0) is 13.0 Å². The number of benzene rings is 2. The molecule has 27 heavy (non-hydrogen) atoms. The average molecular weight is 366 g/mol. The van der Waals surface area contributed by atoms with Crippen molar-refractivity contribution in [1.29, 1.82) is 0 Å². The molecule has 138 valence electrons. The summed E-state index contributed by atoms with van der Waals surface area (Å²) in [6.07, 6.45) is -0.217. The zero-order chi connectivity index (χ0) is 19.0. The minimum absolute atomic E-state index is 0.123. The Bertz CT molecular complexity index is 979. The number of aliphatic hydroxyl groups excluding tert-OH is 1. The smallest absolute Gasteiger partial charge is 0.260 e. The largest absolute Gasteiger partial charge is 0.385 e. The number of aliphatic hydroxyl groups is 1. The maximum atomic E-state index is 13.3. The van der Waals surface area contributed by atoms with Crippen LogP contribution < -0.4 is 0 Å². The van der Waals surface area contributed by atoms with Crippen LogP contribution >= 0.6 is 0 Å². The molecule has 4 rings (SSSR count). The Kier molecular flexibility index (Phi) is 4.49. The summed E-state index contributed by atoms with van der Waals surface area (Å²) in [6, 6.07) is 13.7. The van der Waals surface area contributed by atoms with Crippen molar-refractivity contribution >= 4 is 5.91 Å². The highest BCUT2D eigenvalue weighted by molar-refractivity contribution is 6.01. The maximum absolute atomic E-state index is 13.3. The zero-order valence-corrected chi connectivity index (χ0v) is 14.9. The lowest BCUT2D eigenvalue weighted by Gasteiger charge is -2.29. The monoisotopic (exact) mass is 366 g/mol. The lowest BCUT2D eigenvalue weighted by Crippen LogP contribution is -2.36. The van der Waals surface area contributed by atoms with Crippen LogP contribution in [0.2, 0.25) is 0 Å². The van der Waals surface area contributed by atoms with E-state index in [1.807, 2.05) is 18.2 Å². The van der Waals surface area contributed by atoms with Gasteiger partial charge in [-0.15, -0.1) is 0 Å². The number of aromatic nitrogens is 1. The Labute approximate surface area is 156 Å². The number of hydrogen-bond acceptors (Lipinski definition) is 4. The molecule has 2 aromatic carbocycles. The van der Waals surface area contributed by atoms with Crippen LogP contribution in [-0.4, -0.2) is 27.6 Å². The van der Waals surface area contributed by atoms with E-state index in [4.69, 9.17) is 4.52 Å². The number of carbonyl (C=O) groups excluding carboxylic acids is 1. The molecule has 0 radical (unpaired) electrons. The molecule has 1 atom stereocenters. The molecule has 1 aliphatic rings. The molecule has 0 spiro atoms. The van der Waals surface area contributed by atoms with Crippen molar-refractivity contribution in [2.24, 2.45) is 0 Å². The molecule has 1 aliphatic heterocycles. The number of halogens is 1.